The molecule has 0 aliphatic carbocycles. The largest absolute Gasteiger partial charge is 0.376 e. The number of aromatic nitrogens is 4. The average molecular weight is 333 g/mol. The van der Waals surface area contributed by atoms with Gasteiger partial charge < -0.3 is 14.6 Å². The van der Waals surface area contributed by atoms with E-state index in [9.17, 15) is 9.59 Å². The monoisotopic (exact) mass is 333 g/mol. The Morgan fingerprint density at radius 2 is 2.38 bits per heavy atom. The van der Waals surface area contributed by atoms with Crippen LogP contribution in [0, 0.1) is 6.92 Å². The van der Waals surface area contributed by atoms with Gasteiger partial charge in [-0.2, -0.15) is 4.98 Å². The van der Waals surface area contributed by atoms with Gasteiger partial charge in [-0.05, 0) is 19.8 Å². The quantitative estimate of drug-likeness (QED) is 0.808. The van der Waals surface area contributed by atoms with Crippen LogP contribution in [0.1, 0.15) is 25.1 Å². The van der Waals surface area contributed by atoms with Gasteiger partial charge >= 0.3 is 0 Å². The van der Waals surface area contributed by atoms with Gasteiger partial charge in [0.25, 0.3) is 11.4 Å². The van der Waals surface area contributed by atoms with E-state index in [1.807, 2.05) is 0 Å². The highest BCUT2D eigenvalue weighted by atomic mass is 16.5. The molecular formula is C15H19N5O4. The number of amides is 1. The number of carbonyl (C=O) groups excluding carboxylic acids is 1. The Morgan fingerprint density at radius 3 is 3.08 bits per heavy atom. The first-order valence-corrected chi connectivity index (χ1v) is 7.87. The summed E-state index contributed by atoms with van der Waals surface area (Å²) in [7, 11) is 0. The molecule has 1 atom stereocenters. The lowest BCUT2D eigenvalue weighted by Crippen LogP contribution is -2.33. The summed E-state index contributed by atoms with van der Waals surface area (Å²) in [5, 5.41) is 6.49. The topological polar surface area (TPSA) is 112 Å². The van der Waals surface area contributed by atoms with Crippen molar-refractivity contribution in [1.82, 2.24) is 25.0 Å². The third-order valence-electron chi connectivity index (χ3n) is 3.79. The molecule has 1 aliphatic heterocycles. The Bertz CT molecular complexity index is 763. The second kappa shape index (κ2) is 7.35. The summed E-state index contributed by atoms with van der Waals surface area (Å²) >= 11 is 0. The molecule has 3 heterocycles. The molecule has 24 heavy (non-hydrogen) atoms. The van der Waals surface area contributed by atoms with E-state index in [0.29, 0.717) is 12.4 Å². The molecule has 1 N–H and O–H groups in total. The standard InChI is InChI=1S/C15H19N5O4/c1-10-18-14(24-19-10)12-8-16-9-20(15(12)22)5-4-13(21)17-7-11-3-2-6-23-11/h8-9,11H,2-7H2,1H3,(H,17,21). The zero-order valence-electron chi connectivity index (χ0n) is 13.4. The lowest BCUT2D eigenvalue weighted by atomic mass is 10.2. The summed E-state index contributed by atoms with van der Waals surface area (Å²) in [5.74, 6) is 0.437. The highest BCUT2D eigenvalue weighted by Crippen LogP contribution is 2.11. The zero-order chi connectivity index (χ0) is 16.9. The van der Waals surface area contributed by atoms with Crippen molar-refractivity contribution in [2.75, 3.05) is 13.2 Å². The molecule has 1 saturated heterocycles. The third kappa shape index (κ3) is 3.85. The molecule has 9 heteroatoms. The molecule has 0 bridgehead atoms. The number of hydrogen-bond acceptors (Lipinski definition) is 7. The minimum absolute atomic E-state index is 0.0995. The molecule has 128 valence electrons. The predicted molar refractivity (Wildman–Crippen MR) is 83.1 cm³/mol. The van der Waals surface area contributed by atoms with Crippen molar-refractivity contribution in [2.45, 2.75) is 38.8 Å². The zero-order valence-corrected chi connectivity index (χ0v) is 13.4. The van der Waals surface area contributed by atoms with Crippen molar-refractivity contribution in [3.05, 3.63) is 28.7 Å². The van der Waals surface area contributed by atoms with Crippen LogP contribution in [0.25, 0.3) is 11.5 Å². The van der Waals surface area contributed by atoms with Crippen LogP contribution in [-0.4, -0.2) is 44.9 Å². The molecule has 0 radical (unpaired) electrons. The van der Waals surface area contributed by atoms with Gasteiger partial charge in [-0.25, -0.2) is 4.98 Å². The minimum Gasteiger partial charge on any atom is -0.376 e. The van der Waals surface area contributed by atoms with E-state index in [1.54, 1.807) is 6.92 Å². The molecule has 0 saturated carbocycles. The van der Waals surface area contributed by atoms with E-state index >= 15 is 0 Å². The van der Waals surface area contributed by atoms with E-state index in [1.165, 1.54) is 17.1 Å². The van der Waals surface area contributed by atoms with Crippen molar-refractivity contribution in [3.63, 3.8) is 0 Å². The number of ether oxygens (including phenoxy) is 1. The minimum atomic E-state index is -0.319. The normalized spacial score (nSPS) is 17.1. The summed E-state index contributed by atoms with van der Waals surface area (Å²) in [6, 6.07) is 0. The van der Waals surface area contributed by atoms with Crippen LogP contribution >= 0.6 is 0 Å². The number of aryl methyl sites for hydroxylation is 2. The fourth-order valence-electron chi connectivity index (χ4n) is 2.51. The van der Waals surface area contributed by atoms with Crippen molar-refractivity contribution >= 4 is 5.91 Å². The number of carbonyl (C=O) groups is 1. The lowest BCUT2D eigenvalue weighted by Gasteiger charge is -2.11. The van der Waals surface area contributed by atoms with Crippen molar-refractivity contribution < 1.29 is 14.1 Å². The van der Waals surface area contributed by atoms with E-state index in [4.69, 9.17) is 9.26 Å². The van der Waals surface area contributed by atoms with E-state index in [-0.39, 0.29) is 42.0 Å². The van der Waals surface area contributed by atoms with Crippen LogP contribution in [0.3, 0.4) is 0 Å². The summed E-state index contributed by atoms with van der Waals surface area (Å²) in [5.41, 5.74) is -0.0987. The molecule has 2 aromatic heterocycles. The first kappa shape index (κ1) is 16.3. The van der Waals surface area contributed by atoms with Crippen LogP contribution in [0.2, 0.25) is 0 Å². The van der Waals surface area contributed by atoms with Crippen molar-refractivity contribution in [2.24, 2.45) is 0 Å². The molecule has 9 nitrogen and oxygen atoms in total. The van der Waals surface area contributed by atoms with Gasteiger partial charge in [0, 0.05) is 32.3 Å². The summed E-state index contributed by atoms with van der Waals surface area (Å²) in [6.07, 6.45) is 5.05. The fourth-order valence-corrected chi connectivity index (χ4v) is 2.51. The number of nitrogens with zero attached hydrogens (tertiary/aromatic N) is 4. The molecule has 2 aromatic rings. The Morgan fingerprint density at radius 1 is 1.50 bits per heavy atom. The van der Waals surface area contributed by atoms with E-state index < -0.39 is 0 Å². The summed E-state index contributed by atoms with van der Waals surface area (Å²) in [4.78, 5) is 32.3. The summed E-state index contributed by atoms with van der Waals surface area (Å²) in [6.45, 7) is 3.15. The summed E-state index contributed by atoms with van der Waals surface area (Å²) < 4.78 is 11.8. The van der Waals surface area contributed by atoms with Gasteiger partial charge in [-0.3, -0.25) is 14.2 Å². The number of nitrogens with one attached hydrogen (secondary N) is 1. The molecule has 1 fully saturated rings. The smallest absolute Gasteiger partial charge is 0.266 e. The number of rotatable bonds is 6. The molecular weight excluding hydrogens is 314 g/mol. The van der Waals surface area contributed by atoms with Gasteiger partial charge in [0.05, 0.1) is 12.4 Å². The molecule has 3 rings (SSSR count). The molecule has 1 aliphatic rings. The van der Waals surface area contributed by atoms with Crippen molar-refractivity contribution in [1.29, 1.82) is 0 Å². The van der Waals surface area contributed by atoms with Gasteiger partial charge in [0.1, 0.15) is 5.56 Å². The first-order valence-electron chi connectivity index (χ1n) is 7.87. The molecule has 1 amide bonds. The highest BCUT2D eigenvalue weighted by molar-refractivity contribution is 5.75. The van der Waals surface area contributed by atoms with Crippen LogP contribution < -0.4 is 10.9 Å². The van der Waals surface area contributed by atoms with E-state index in [0.717, 1.165) is 19.4 Å². The van der Waals surface area contributed by atoms with E-state index in [2.05, 4.69) is 20.4 Å². The van der Waals surface area contributed by atoms with Gasteiger partial charge in [-0.15, -0.1) is 0 Å². The predicted octanol–water partition coefficient (Wildman–Crippen LogP) is 0.287. The van der Waals surface area contributed by atoms with Gasteiger partial charge in [-0.1, -0.05) is 5.16 Å². The molecule has 1 unspecified atom stereocenters. The molecule has 0 spiro atoms. The van der Waals surface area contributed by atoms with Crippen molar-refractivity contribution in [3.8, 4) is 11.5 Å². The first-order chi connectivity index (χ1) is 11.6. The maximum absolute atomic E-state index is 12.4. The van der Waals surface area contributed by atoms with Crippen LogP contribution in [0.4, 0.5) is 0 Å². The third-order valence-corrected chi connectivity index (χ3v) is 3.79. The average Bonchev–Trinajstić information content (AvgIpc) is 3.23. The Hall–Kier alpha value is -2.55. The van der Waals surface area contributed by atoms with Gasteiger partial charge in [0.2, 0.25) is 5.91 Å². The maximum atomic E-state index is 12.4. The second-order valence-electron chi connectivity index (χ2n) is 5.64. The fraction of sp³-hybridized carbons (Fsp3) is 0.533. The Kier molecular flexibility index (Phi) is 4.99. The van der Waals surface area contributed by atoms with Crippen LogP contribution in [0.15, 0.2) is 21.8 Å². The maximum Gasteiger partial charge on any atom is 0.266 e. The SMILES string of the molecule is Cc1noc(-c2cncn(CCC(=O)NCC3CCCO3)c2=O)n1. The van der Waals surface area contributed by atoms with Gasteiger partial charge in [0.15, 0.2) is 5.82 Å². The van der Waals surface area contributed by atoms with Crippen LogP contribution in [-0.2, 0) is 16.1 Å². The Labute approximate surface area is 138 Å². The second-order valence-corrected chi connectivity index (χ2v) is 5.64. The molecule has 0 aromatic carbocycles. The lowest BCUT2D eigenvalue weighted by molar-refractivity contribution is -0.121. The van der Waals surface area contributed by atoms with Crippen LogP contribution in [0.5, 0.6) is 0 Å². The number of hydrogen-bond donors (Lipinski definition) is 1. The Balaban J connectivity index is 1.59. The highest BCUT2D eigenvalue weighted by Gasteiger charge is 2.17.